The molecule has 0 aliphatic heterocycles. The lowest BCUT2D eigenvalue weighted by molar-refractivity contribution is 0.404. The summed E-state index contributed by atoms with van der Waals surface area (Å²) in [6.07, 6.45) is 3.01. The summed E-state index contributed by atoms with van der Waals surface area (Å²) in [5.41, 5.74) is 2.99. The molecule has 0 atom stereocenters. The number of hydrogen-bond acceptors (Lipinski definition) is 3. The van der Waals surface area contributed by atoms with Gasteiger partial charge in [0.1, 0.15) is 5.75 Å². The van der Waals surface area contributed by atoms with E-state index in [0.717, 1.165) is 23.1 Å². The van der Waals surface area contributed by atoms with Crippen molar-refractivity contribution in [1.29, 1.82) is 0 Å². The molecule has 2 aromatic carbocycles. The van der Waals surface area contributed by atoms with Gasteiger partial charge in [-0.1, -0.05) is 19.1 Å². The molecule has 0 aliphatic carbocycles. The molecule has 0 aliphatic rings. The Morgan fingerprint density at radius 2 is 1.80 bits per heavy atom. The summed E-state index contributed by atoms with van der Waals surface area (Å²) in [4.78, 5) is 0. The van der Waals surface area contributed by atoms with Gasteiger partial charge in [-0.3, -0.25) is 0 Å². The fraction of sp³-hybridized carbons (Fsp3) is 0.176. The zero-order valence-corrected chi connectivity index (χ0v) is 11.4. The van der Waals surface area contributed by atoms with Crippen molar-refractivity contribution in [3.05, 3.63) is 54.1 Å². The van der Waals surface area contributed by atoms with Gasteiger partial charge in [-0.25, -0.2) is 0 Å². The number of rotatable bonds is 4. The molecule has 0 saturated carbocycles. The van der Waals surface area contributed by atoms with E-state index < -0.39 is 0 Å². The molecule has 0 fully saturated rings. The van der Waals surface area contributed by atoms with Gasteiger partial charge >= 0.3 is 0 Å². The highest BCUT2D eigenvalue weighted by molar-refractivity contribution is 5.75. The van der Waals surface area contributed by atoms with Crippen molar-refractivity contribution in [3.63, 3.8) is 0 Å². The van der Waals surface area contributed by atoms with Crippen LogP contribution in [0.4, 0.5) is 0 Å². The number of phenols is 3. The molecule has 0 heterocycles. The van der Waals surface area contributed by atoms with Crippen LogP contribution in [0.25, 0.3) is 11.1 Å². The average Bonchev–Trinajstić information content (AvgIpc) is 2.44. The van der Waals surface area contributed by atoms with Gasteiger partial charge in [0.2, 0.25) is 0 Å². The third kappa shape index (κ3) is 2.62. The maximum Gasteiger partial charge on any atom is 0.165 e. The topological polar surface area (TPSA) is 60.7 Å². The molecule has 104 valence electrons. The first-order chi connectivity index (χ1) is 9.56. The van der Waals surface area contributed by atoms with Gasteiger partial charge in [-0.15, -0.1) is 6.58 Å². The highest BCUT2D eigenvalue weighted by Crippen LogP contribution is 2.39. The number of benzene rings is 2. The summed E-state index contributed by atoms with van der Waals surface area (Å²) in [6, 6.07) is 8.51. The second-order valence-electron chi connectivity index (χ2n) is 4.70. The molecule has 0 spiro atoms. The predicted molar refractivity (Wildman–Crippen MR) is 80.2 cm³/mol. The normalized spacial score (nSPS) is 10.4. The van der Waals surface area contributed by atoms with Crippen LogP contribution in [0.1, 0.15) is 18.1 Å². The minimum atomic E-state index is -0.141. The molecule has 3 N–H and O–H groups in total. The SMILES string of the molecule is C=CCc1cc(-c2cc(CC)cc(O)c2O)ccc1O. The maximum atomic E-state index is 10.0. The average molecular weight is 270 g/mol. The van der Waals surface area contributed by atoms with Crippen molar-refractivity contribution in [2.24, 2.45) is 0 Å². The largest absolute Gasteiger partial charge is 0.508 e. The molecule has 0 aromatic heterocycles. The molecule has 0 saturated heterocycles. The molecular formula is C17H18O3. The van der Waals surface area contributed by atoms with Crippen molar-refractivity contribution in [3.8, 4) is 28.4 Å². The van der Waals surface area contributed by atoms with Gasteiger partial charge in [0.25, 0.3) is 0 Å². The minimum absolute atomic E-state index is 0.127. The van der Waals surface area contributed by atoms with Crippen LogP contribution in [0.2, 0.25) is 0 Å². The van der Waals surface area contributed by atoms with Crippen molar-refractivity contribution in [1.82, 2.24) is 0 Å². The number of aryl methyl sites for hydroxylation is 1. The molecule has 0 radical (unpaired) electrons. The molecule has 3 nitrogen and oxygen atoms in total. The Bertz CT molecular complexity index is 645. The van der Waals surface area contributed by atoms with Crippen LogP contribution in [0.3, 0.4) is 0 Å². The standard InChI is InChI=1S/C17H18O3/c1-3-5-13-10-12(6-7-15(13)18)14-8-11(4-2)9-16(19)17(14)20/h3,6-10,18-20H,1,4-5H2,2H3. The minimum Gasteiger partial charge on any atom is -0.508 e. The number of allylic oxidation sites excluding steroid dienone is 1. The van der Waals surface area contributed by atoms with Gasteiger partial charge in [0.15, 0.2) is 11.5 Å². The third-order valence-electron chi connectivity index (χ3n) is 3.31. The first-order valence-electron chi connectivity index (χ1n) is 6.54. The Labute approximate surface area is 118 Å². The Hall–Kier alpha value is -2.42. The summed E-state index contributed by atoms with van der Waals surface area (Å²) >= 11 is 0. The Kier molecular flexibility index (Phi) is 3.99. The lowest BCUT2D eigenvalue weighted by Crippen LogP contribution is -1.88. The number of hydrogen-bond donors (Lipinski definition) is 3. The molecule has 3 heteroatoms. The van der Waals surface area contributed by atoms with Crippen molar-refractivity contribution in [2.75, 3.05) is 0 Å². The molecule has 20 heavy (non-hydrogen) atoms. The number of phenolic OH excluding ortho intramolecular Hbond substituents is 3. The van der Waals surface area contributed by atoms with Crippen LogP contribution < -0.4 is 0 Å². The van der Waals surface area contributed by atoms with Crippen LogP contribution >= 0.6 is 0 Å². The molecular weight excluding hydrogens is 252 g/mol. The monoisotopic (exact) mass is 270 g/mol. The van der Waals surface area contributed by atoms with E-state index in [9.17, 15) is 15.3 Å². The molecule has 2 rings (SSSR count). The highest BCUT2D eigenvalue weighted by Gasteiger charge is 2.12. The van der Waals surface area contributed by atoms with Crippen LogP contribution in [0, 0.1) is 0 Å². The zero-order valence-electron chi connectivity index (χ0n) is 11.4. The van der Waals surface area contributed by atoms with Gasteiger partial charge in [-0.2, -0.15) is 0 Å². The zero-order chi connectivity index (χ0) is 14.7. The van der Waals surface area contributed by atoms with Gasteiger partial charge in [0, 0.05) is 5.56 Å². The van der Waals surface area contributed by atoms with Gasteiger partial charge in [0.05, 0.1) is 0 Å². The van der Waals surface area contributed by atoms with E-state index in [4.69, 9.17) is 0 Å². The van der Waals surface area contributed by atoms with E-state index in [1.165, 1.54) is 0 Å². The summed E-state index contributed by atoms with van der Waals surface area (Å²) in [6.45, 7) is 5.64. The highest BCUT2D eigenvalue weighted by atomic mass is 16.3. The summed E-state index contributed by atoms with van der Waals surface area (Å²) in [5.74, 6) is -0.0702. The fourth-order valence-corrected chi connectivity index (χ4v) is 2.17. The van der Waals surface area contributed by atoms with Crippen LogP contribution in [-0.4, -0.2) is 15.3 Å². The predicted octanol–water partition coefficient (Wildman–Crippen LogP) is 3.76. The summed E-state index contributed by atoms with van der Waals surface area (Å²) in [5, 5.41) is 29.6. The maximum absolute atomic E-state index is 10.0. The molecule has 2 aromatic rings. The van der Waals surface area contributed by atoms with Gasteiger partial charge in [-0.05, 0) is 53.8 Å². The summed E-state index contributed by atoms with van der Waals surface area (Å²) < 4.78 is 0. The third-order valence-corrected chi connectivity index (χ3v) is 3.31. The first-order valence-corrected chi connectivity index (χ1v) is 6.54. The number of aromatic hydroxyl groups is 3. The van der Waals surface area contributed by atoms with Crippen LogP contribution in [0.15, 0.2) is 43.0 Å². The molecule has 0 unspecified atom stereocenters. The molecule has 0 amide bonds. The van der Waals surface area contributed by atoms with E-state index in [1.54, 1.807) is 30.3 Å². The smallest absolute Gasteiger partial charge is 0.165 e. The van der Waals surface area contributed by atoms with Gasteiger partial charge < -0.3 is 15.3 Å². The Balaban J connectivity index is 2.58. The van der Waals surface area contributed by atoms with Crippen molar-refractivity contribution >= 4 is 0 Å². The second kappa shape index (κ2) is 5.70. The second-order valence-corrected chi connectivity index (χ2v) is 4.70. The van der Waals surface area contributed by atoms with E-state index in [-0.39, 0.29) is 17.2 Å². The Morgan fingerprint density at radius 3 is 2.45 bits per heavy atom. The van der Waals surface area contributed by atoms with E-state index >= 15 is 0 Å². The van der Waals surface area contributed by atoms with E-state index in [0.29, 0.717) is 12.0 Å². The van der Waals surface area contributed by atoms with Crippen LogP contribution in [-0.2, 0) is 12.8 Å². The summed E-state index contributed by atoms with van der Waals surface area (Å²) in [7, 11) is 0. The van der Waals surface area contributed by atoms with Crippen LogP contribution in [0.5, 0.6) is 17.2 Å². The van der Waals surface area contributed by atoms with E-state index in [2.05, 4.69) is 6.58 Å². The Morgan fingerprint density at radius 1 is 1.05 bits per heavy atom. The molecule has 0 bridgehead atoms. The van der Waals surface area contributed by atoms with Crippen molar-refractivity contribution < 1.29 is 15.3 Å². The first kappa shape index (κ1) is 14.0. The lowest BCUT2D eigenvalue weighted by atomic mass is 9.97. The quantitative estimate of drug-likeness (QED) is 0.585. The fourth-order valence-electron chi connectivity index (χ4n) is 2.17. The van der Waals surface area contributed by atoms with Crippen molar-refractivity contribution in [2.45, 2.75) is 19.8 Å². The lowest BCUT2D eigenvalue weighted by Gasteiger charge is -2.11. The van der Waals surface area contributed by atoms with E-state index in [1.807, 2.05) is 13.0 Å².